The number of nitrogens with one attached hydrogen (secondary N) is 2. The molecular weight excluding hydrogens is 386 g/mol. The van der Waals surface area contributed by atoms with Crippen LogP contribution in [0, 0.1) is 0 Å². The van der Waals surface area contributed by atoms with Gasteiger partial charge in [-0.2, -0.15) is 0 Å². The van der Waals surface area contributed by atoms with E-state index in [0.717, 1.165) is 17.8 Å². The number of amides is 1. The van der Waals surface area contributed by atoms with Crippen molar-refractivity contribution in [3.05, 3.63) is 59.4 Å². The quantitative estimate of drug-likeness (QED) is 0.561. The van der Waals surface area contributed by atoms with Crippen LogP contribution in [0.4, 0.5) is 14.5 Å². The van der Waals surface area contributed by atoms with Gasteiger partial charge in [-0.25, -0.2) is 13.8 Å². The molecule has 2 aromatic carbocycles. The average molecular weight is 412 g/mol. The van der Waals surface area contributed by atoms with Gasteiger partial charge in [0.15, 0.2) is 5.82 Å². The molecule has 0 bridgehead atoms. The number of H-pyrrole nitrogens is 1. The van der Waals surface area contributed by atoms with E-state index in [1.807, 2.05) is 24.3 Å². The normalized spacial score (nSPS) is 15.2. The van der Waals surface area contributed by atoms with Gasteiger partial charge in [-0.3, -0.25) is 9.69 Å². The highest BCUT2D eigenvalue weighted by molar-refractivity contribution is 6.06. The van der Waals surface area contributed by atoms with E-state index in [4.69, 9.17) is 0 Å². The van der Waals surface area contributed by atoms with E-state index in [1.165, 1.54) is 32.1 Å². The summed E-state index contributed by atoms with van der Waals surface area (Å²) in [4.78, 5) is 21.6. The second kappa shape index (κ2) is 8.92. The van der Waals surface area contributed by atoms with Crippen molar-refractivity contribution in [1.29, 1.82) is 0 Å². The molecule has 1 amide bonds. The second-order valence-electron chi connectivity index (χ2n) is 7.97. The third kappa shape index (κ3) is 4.51. The van der Waals surface area contributed by atoms with E-state index >= 15 is 0 Å². The fourth-order valence-electron chi connectivity index (χ4n) is 4.17. The number of para-hydroxylation sites is 1. The summed E-state index contributed by atoms with van der Waals surface area (Å²) >= 11 is 0. The Labute approximate surface area is 174 Å². The predicted octanol–water partition coefficient (Wildman–Crippen LogP) is 5.52. The minimum Gasteiger partial charge on any atom is -0.337 e. The zero-order chi connectivity index (χ0) is 21.1. The highest BCUT2D eigenvalue weighted by atomic mass is 19.3. The summed E-state index contributed by atoms with van der Waals surface area (Å²) < 4.78 is 25.7. The van der Waals surface area contributed by atoms with Gasteiger partial charge in [0.2, 0.25) is 0 Å². The van der Waals surface area contributed by atoms with Crippen LogP contribution < -0.4 is 5.32 Å². The van der Waals surface area contributed by atoms with Crippen LogP contribution in [0.3, 0.4) is 0 Å². The number of alkyl halides is 2. The molecule has 1 saturated carbocycles. The summed E-state index contributed by atoms with van der Waals surface area (Å²) in [5, 5.41) is 2.98. The first-order valence-electron chi connectivity index (χ1n) is 10.4. The van der Waals surface area contributed by atoms with Crippen LogP contribution in [0.5, 0.6) is 0 Å². The summed E-state index contributed by atoms with van der Waals surface area (Å²) in [6, 6.07) is 13.1. The molecule has 0 saturated heterocycles. The molecule has 1 aliphatic rings. The number of anilines is 1. The largest absolute Gasteiger partial charge is 0.337 e. The molecule has 2 N–H and O–H groups in total. The second-order valence-corrected chi connectivity index (χ2v) is 7.97. The van der Waals surface area contributed by atoms with Gasteiger partial charge in [0.1, 0.15) is 0 Å². The number of halogens is 2. The van der Waals surface area contributed by atoms with Gasteiger partial charge in [-0.1, -0.05) is 37.5 Å². The van der Waals surface area contributed by atoms with Crippen LogP contribution >= 0.6 is 0 Å². The van der Waals surface area contributed by atoms with Gasteiger partial charge in [0.25, 0.3) is 12.3 Å². The van der Waals surface area contributed by atoms with Crippen LogP contribution in [0.2, 0.25) is 0 Å². The molecule has 0 radical (unpaired) electrons. The summed E-state index contributed by atoms with van der Waals surface area (Å²) in [5.41, 5.74) is 3.05. The lowest BCUT2D eigenvalue weighted by Crippen LogP contribution is -2.33. The van der Waals surface area contributed by atoms with Crippen LogP contribution in [0.25, 0.3) is 11.0 Å². The Morgan fingerprint density at radius 2 is 1.97 bits per heavy atom. The maximum absolute atomic E-state index is 12.9. The maximum atomic E-state index is 12.9. The summed E-state index contributed by atoms with van der Waals surface area (Å²) in [6.45, 7) is 0.762. The lowest BCUT2D eigenvalue weighted by molar-refractivity contribution is 0.102. The third-order valence-corrected chi connectivity index (χ3v) is 5.85. The molecule has 7 heteroatoms. The van der Waals surface area contributed by atoms with Crippen molar-refractivity contribution in [3.63, 3.8) is 0 Å². The van der Waals surface area contributed by atoms with Gasteiger partial charge in [-0.05, 0) is 49.7 Å². The zero-order valence-electron chi connectivity index (χ0n) is 17.0. The molecule has 0 spiro atoms. The minimum absolute atomic E-state index is 0.280. The zero-order valence-corrected chi connectivity index (χ0v) is 17.0. The number of imidazole rings is 1. The number of hydrogen-bond donors (Lipinski definition) is 2. The van der Waals surface area contributed by atoms with E-state index in [1.54, 1.807) is 18.2 Å². The van der Waals surface area contributed by atoms with Gasteiger partial charge in [0, 0.05) is 23.8 Å². The molecule has 5 nitrogen and oxygen atoms in total. The Kier molecular flexibility index (Phi) is 6.08. The lowest BCUT2D eigenvalue weighted by Gasteiger charge is -2.31. The maximum Gasteiger partial charge on any atom is 0.295 e. The van der Waals surface area contributed by atoms with Crippen molar-refractivity contribution in [3.8, 4) is 0 Å². The highest BCUT2D eigenvalue weighted by Gasteiger charge is 2.19. The first-order valence-corrected chi connectivity index (χ1v) is 10.4. The van der Waals surface area contributed by atoms with Gasteiger partial charge in [0.05, 0.1) is 11.0 Å². The van der Waals surface area contributed by atoms with Crippen molar-refractivity contribution in [1.82, 2.24) is 14.9 Å². The van der Waals surface area contributed by atoms with Gasteiger partial charge in [-0.15, -0.1) is 0 Å². The number of carbonyl (C=O) groups excluding carboxylic acids is 1. The molecule has 30 heavy (non-hydrogen) atoms. The van der Waals surface area contributed by atoms with E-state index in [-0.39, 0.29) is 5.91 Å². The minimum atomic E-state index is -2.68. The lowest BCUT2D eigenvalue weighted by atomic mass is 9.94. The SMILES string of the molecule is CN(Cc1ccccc1NC(=O)c1ccc2nc(C(F)F)[nH]c2c1)C1CCCCC1. The molecular formula is C23H26F2N4O. The number of hydrogen-bond acceptors (Lipinski definition) is 3. The Morgan fingerprint density at radius 3 is 2.73 bits per heavy atom. The molecule has 1 heterocycles. The summed E-state index contributed by atoms with van der Waals surface area (Å²) in [6.07, 6.45) is 3.62. The number of fused-ring (bicyclic) bond motifs is 1. The smallest absolute Gasteiger partial charge is 0.295 e. The first kappa shape index (κ1) is 20.5. The van der Waals surface area contributed by atoms with Crippen molar-refractivity contribution in [2.24, 2.45) is 0 Å². The van der Waals surface area contributed by atoms with Crippen LogP contribution in [0.15, 0.2) is 42.5 Å². The number of aromatic nitrogens is 2. The van der Waals surface area contributed by atoms with Gasteiger partial charge < -0.3 is 10.3 Å². The van der Waals surface area contributed by atoms with Crippen molar-refractivity contribution in [2.75, 3.05) is 12.4 Å². The molecule has 158 valence electrons. The predicted molar refractivity (Wildman–Crippen MR) is 114 cm³/mol. The highest BCUT2D eigenvalue weighted by Crippen LogP contribution is 2.26. The van der Waals surface area contributed by atoms with Crippen LogP contribution in [-0.2, 0) is 6.54 Å². The van der Waals surface area contributed by atoms with Crippen molar-refractivity contribution < 1.29 is 13.6 Å². The van der Waals surface area contributed by atoms with Gasteiger partial charge >= 0.3 is 0 Å². The summed E-state index contributed by atoms with van der Waals surface area (Å²) in [7, 11) is 2.14. The number of benzene rings is 2. The molecule has 1 fully saturated rings. The number of nitrogens with zero attached hydrogens (tertiary/aromatic N) is 2. The molecule has 3 aromatic rings. The summed E-state index contributed by atoms with van der Waals surface area (Å²) in [5.74, 6) is -0.670. The fraction of sp³-hybridized carbons (Fsp3) is 0.391. The molecule has 4 rings (SSSR count). The monoisotopic (exact) mass is 412 g/mol. The Morgan fingerprint density at radius 1 is 1.20 bits per heavy atom. The molecule has 1 aromatic heterocycles. The molecule has 0 unspecified atom stereocenters. The molecule has 1 aliphatic carbocycles. The standard InChI is InChI=1S/C23H26F2N4O/c1-29(17-8-3-2-4-9-17)14-16-7-5-6-10-18(16)28-23(30)15-11-12-19-20(13-15)27-22(26-19)21(24)25/h5-7,10-13,17,21H,2-4,8-9,14H2,1H3,(H,26,27)(H,28,30). The van der Waals surface area contributed by atoms with E-state index in [9.17, 15) is 13.6 Å². The van der Waals surface area contributed by atoms with Crippen LogP contribution in [-0.4, -0.2) is 33.9 Å². The Balaban J connectivity index is 1.50. The van der Waals surface area contributed by atoms with E-state index < -0.39 is 12.2 Å². The number of rotatable bonds is 6. The van der Waals surface area contributed by atoms with Crippen molar-refractivity contribution in [2.45, 2.75) is 51.1 Å². The third-order valence-electron chi connectivity index (χ3n) is 5.85. The molecule has 0 aliphatic heterocycles. The van der Waals surface area contributed by atoms with E-state index in [2.05, 4.69) is 27.2 Å². The van der Waals surface area contributed by atoms with Crippen molar-refractivity contribution >= 4 is 22.6 Å². The fourth-order valence-corrected chi connectivity index (χ4v) is 4.17. The van der Waals surface area contributed by atoms with E-state index in [0.29, 0.717) is 22.6 Å². The number of carbonyl (C=O) groups is 1. The average Bonchev–Trinajstić information content (AvgIpc) is 3.19. The number of aromatic amines is 1. The Bertz CT molecular complexity index is 1030. The molecule has 0 atom stereocenters. The first-order chi connectivity index (χ1) is 14.5. The van der Waals surface area contributed by atoms with Crippen LogP contribution in [0.1, 0.15) is 60.3 Å². The Hall–Kier alpha value is -2.80. The topological polar surface area (TPSA) is 61.0 Å².